The third-order valence-corrected chi connectivity index (χ3v) is 12.8. The summed E-state index contributed by atoms with van der Waals surface area (Å²) in [5, 5.41) is 0.217. The first kappa shape index (κ1) is 51.7. The van der Waals surface area contributed by atoms with Gasteiger partial charge in [-0.05, 0) is 24.6 Å². The Labute approximate surface area is 318 Å². The molecule has 0 aromatic rings. The molecule has 0 fully saturated rings. The largest absolute Gasteiger partial charge is 0.414 e. The Morgan fingerprint density at radius 2 is 0.500 bits per heavy atom. The van der Waals surface area contributed by atoms with E-state index in [1.807, 2.05) is 0 Å². The first-order chi connectivity index (χ1) is 25.3. The van der Waals surface area contributed by atoms with Crippen molar-refractivity contribution in [3.05, 3.63) is 0 Å². The van der Waals surface area contributed by atoms with Crippen molar-refractivity contribution in [1.29, 1.82) is 0 Å². The fraction of sp³-hybridized carbons (Fsp3) is 1.00. The van der Waals surface area contributed by atoms with E-state index in [2.05, 4.69) is 40.8 Å². The summed E-state index contributed by atoms with van der Waals surface area (Å²) in [6, 6.07) is 0. The molecular weight excluding hydrogens is 692 g/mol. The van der Waals surface area contributed by atoms with Crippen LogP contribution in [-0.4, -0.2) is 173 Å². The van der Waals surface area contributed by atoms with Crippen LogP contribution in [0.5, 0.6) is 0 Å². The average molecular weight is 773 g/mol. The van der Waals surface area contributed by atoms with Crippen LogP contribution in [0.2, 0.25) is 18.1 Å². The lowest BCUT2D eigenvalue weighted by Crippen LogP contribution is -2.41. The van der Waals surface area contributed by atoms with E-state index in [0.717, 1.165) is 13.0 Å². The minimum absolute atomic E-state index is 0.217. The van der Waals surface area contributed by atoms with E-state index in [1.54, 1.807) is 0 Å². The van der Waals surface area contributed by atoms with Crippen molar-refractivity contribution in [2.75, 3.05) is 165 Å². The molecule has 52 heavy (non-hydrogen) atoms. The van der Waals surface area contributed by atoms with Crippen LogP contribution < -0.4 is 0 Å². The van der Waals surface area contributed by atoms with Crippen LogP contribution in [0.15, 0.2) is 0 Å². The van der Waals surface area contributed by atoms with Gasteiger partial charge in [0.15, 0.2) is 8.32 Å². The van der Waals surface area contributed by atoms with E-state index >= 15 is 0 Å². The molecule has 0 bridgehead atoms. The van der Waals surface area contributed by atoms with E-state index in [0.29, 0.717) is 159 Å². The summed E-state index contributed by atoms with van der Waals surface area (Å²) in [7, 11) is -1.70. The van der Waals surface area contributed by atoms with E-state index < -0.39 is 8.32 Å². The van der Waals surface area contributed by atoms with Gasteiger partial charge in [-0.15, -0.1) is 0 Å². The van der Waals surface area contributed by atoms with Crippen molar-refractivity contribution in [3.63, 3.8) is 0 Å². The lowest BCUT2D eigenvalue weighted by atomic mass is 10.1. The van der Waals surface area contributed by atoms with Crippen molar-refractivity contribution in [2.24, 2.45) is 0 Å². The Bertz CT molecular complexity index is 686. The molecule has 0 heterocycles. The molecule has 0 aromatic carbocycles. The summed E-state index contributed by atoms with van der Waals surface area (Å²) in [6.07, 6.45) is 7.68. The van der Waals surface area contributed by atoms with E-state index in [9.17, 15) is 0 Å². The third-order valence-electron chi connectivity index (χ3n) is 8.23. The molecule has 0 aliphatic heterocycles. The zero-order chi connectivity index (χ0) is 38.1. The Morgan fingerprint density at radius 3 is 0.750 bits per heavy atom. The number of ether oxygens (including phenoxy) is 12. The smallest absolute Gasteiger partial charge is 0.192 e. The first-order valence-electron chi connectivity index (χ1n) is 19.9. The molecule has 0 rings (SSSR count). The second-order valence-electron chi connectivity index (χ2n) is 13.7. The number of hydrogen-bond acceptors (Lipinski definition) is 13. The third kappa shape index (κ3) is 39.4. The fourth-order valence-corrected chi connectivity index (χ4v) is 5.10. The van der Waals surface area contributed by atoms with Gasteiger partial charge < -0.3 is 61.3 Å². The summed E-state index contributed by atoms with van der Waals surface area (Å²) in [6.45, 7) is 27.4. The molecule has 0 atom stereocenters. The van der Waals surface area contributed by atoms with Gasteiger partial charge in [-0.2, -0.15) is 0 Å². The van der Waals surface area contributed by atoms with Gasteiger partial charge in [0.25, 0.3) is 0 Å². The molecule has 0 saturated carbocycles. The zero-order valence-corrected chi connectivity index (χ0v) is 35.2. The lowest BCUT2D eigenvalue weighted by Gasteiger charge is -2.36. The molecule has 13 nitrogen and oxygen atoms in total. The van der Waals surface area contributed by atoms with Crippen molar-refractivity contribution in [1.82, 2.24) is 0 Å². The normalized spacial score (nSPS) is 12.3. The van der Waals surface area contributed by atoms with Gasteiger partial charge in [-0.3, -0.25) is 0 Å². The first-order valence-corrected chi connectivity index (χ1v) is 22.8. The molecule has 0 unspecified atom stereocenters. The van der Waals surface area contributed by atoms with Gasteiger partial charge >= 0.3 is 0 Å². The topological polar surface area (TPSA) is 120 Å². The maximum Gasteiger partial charge on any atom is 0.192 e. The molecular formula is C38H80O13Si. The van der Waals surface area contributed by atoms with Crippen LogP contribution in [0.3, 0.4) is 0 Å². The monoisotopic (exact) mass is 773 g/mol. The van der Waals surface area contributed by atoms with Crippen LogP contribution in [-0.2, 0) is 61.3 Å². The summed E-state index contributed by atoms with van der Waals surface area (Å²) < 4.78 is 72.4. The van der Waals surface area contributed by atoms with Gasteiger partial charge in [-0.25, -0.2) is 0 Å². The predicted octanol–water partition coefficient (Wildman–Crippen LogP) is 5.57. The van der Waals surface area contributed by atoms with Gasteiger partial charge in [0.05, 0.1) is 159 Å². The molecule has 0 spiro atoms. The maximum absolute atomic E-state index is 6.09. The zero-order valence-electron chi connectivity index (χ0n) is 34.2. The van der Waals surface area contributed by atoms with Crippen LogP contribution in [0.4, 0.5) is 0 Å². The number of rotatable bonds is 44. The summed E-state index contributed by atoms with van der Waals surface area (Å²) in [4.78, 5) is 0. The standard InChI is InChI=1S/C38H80O13Si/c1-7-8-9-10-11-12-13-39-14-15-40-16-17-41-18-19-42-20-21-43-22-23-44-24-25-45-26-27-46-28-29-47-30-31-48-32-33-49-34-35-50-36-37-51-52(5,6)38(2,3)4/h7-37H2,1-6H3. The molecule has 0 radical (unpaired) electrons. The predicted molar refractivity (Wildman–Crippen MR) is 206 cm³/mol. The number of hydrogen-bond donors (Lipinski definition) is 0. The lowest BCUT2D eigenvalue weighted by molar-refractivity contribution is -0.0285. The van der Waals surface area contributed by atoms with E-state index in [-0.39, 0.29) is 5.04 Å². The second kappa shape index (κ2) is 40.4. The second-order valence-corrected chi connectivity index (χ2v) is 18.5. The molecule has 0 aliphatic carbocycles. The van der Waals surface area contributed by atoms with Gasteiger partial charge in [0.1, 0.15) is 0 Å². The van der Waals surface area contributed by atoms with Crippen LogP contribution in [0.25, 0.3) is 0 Å². The van der Waals surface area contributed by atoms with Crippen molar-refractivity contribution in [2.45, 2.75) is 84.4 Å². The SMILES string of the molecule is CCCCCCCCOCCOCCOCCOCCOCCOCCOCCOCCOCCOCCOCCOCCO[Si](C)(C)C(C)(C)C. The Kier molecular flexibility index (Phi) is 40.1. The maximum atomic E-state index is 6.09. The molecule has 0 amide bonds. The Hall–Kier alpha value is -0.303. The highest BCUT2D eigenvalue weighted by Gasteiger charge is 2.36. The molecule has 0 N–H and O–H groups in total. The van der Waals surface area contributed by atoms with Crippen molar-refractivity contribution in [3.8, 4) is 0 Å². The molecule has 0 aliphatic rings. The van der Waals surface area contributed by atoms with Crippen LogP contribution in [0, 0.1) is 0 Å². The average Bonchev–Trinajstić information content (AvgIpc) is 3.11. The van der Waals surface area contributed by atoms with Crippen LogP contribution in [0.1, 0.15) is 66.2 Å². The molecule has 0 saturated heterocycles. The van der Waals surface area contributed by atoms with Gasteiger partial charge in [0, 0.05) is 6.61 Å². The molecule has 314 valence electrons. The minimum atomic E-state index is -1.70. The van der Waals surface area contributed by atoms with Gasteiger partial charge in [0.2, 0.25) is 0 Å². The van der Waals surface area contributed by atoms with Crippen molar-refractivity contribution < 1.29 is 61.3 Å². The van der Waals surface area contributed by atoms with Crippen molar-refractivity contribution >= 4 is 8.32 Å². The van der Waals surface area contributed by atoms with Gasteiger partial charge in [-0.1, -0.05) is 59.8 Å². The highest BCUT2D eigenvalue weighted by molar-refractivity contribution is 6.74. The quantitative estimate of drug-likeness (QED) is 0.0568. The highest BCUT2D eigenvalue weighted by atomic mass is 28.4. The Balaban J connectivity index is 3.11. The fourth-order valence-electron chi connectivity index (χ4n) is 4.08. The highest BCUT2D eigenvalue weighted by Crippen LogP contribution is 2.36. The Morgan fingerprint density at radius 1 is 0.288 bits per heavy atom. The molecule has 0 aromatic heterocycles. The molecule has 14 heteroatoms. The summed E-state index contributed by atoms with van der Waals surface area (Å²) in [5.41, 5.74) is 0. The van der Waals surface area contributed by atoms with Crippen LogP contribution >= 0.6 is 0 Å². The van der Waals surface area contributed by atoms with E-state index in [1.165, 1.54) is 32.1 Å². The summed E-state index contributed by atoms with van der Waals surface area (Å²) >= 11 is 0. The minimum Gasteiger partial charge on any atom is -0.414 e. The number of unbranched alkanes of at least 4 members (excludes halogenated alkanes) is 5. The van der Waals surface area contributed by atoms with E-state index in [4.69, 9.17) is 61.3 Å². The summed E-state index contributed by atoms with van der Waals surface area (Å²) in [5.74, 6) is 0.